The molecule has 0 aliphatic carbocycles. The van der Waals surface area contributed by atoms with Crippen LogP contribution in [-0.2, 0) is 9.31 Å². The molecule has 0 aromatic heterocycles. The number of benzene rings is 1. The lowest BCUT2D eigenvalue weighted by atomic mass is 9.79. The number of ether oxygens (including phenoxy) is 1. The lowest BCUT2D eigenvalue weighted by Crippen LogP contribution is -2.41. The Morgan fingerprint density at radius 2 is 1.60 bits per heavy atom. The Morgan fingerprint density at radius 3 is 2.10 bits per heavy atom. The Labute approximate surface area is 130 Å². The Kier molecular flexibility index (Phi) is 4.25. The van der Waals surface area contributed by atoms with Crippen LogP contribution in [0.2, 0.25) is 0 Å². The lowest BCUT2D eigenvalue weighted by Gasteiger charge is -2.32. The highest BCUT2D eigenvalue weighted by atomic mass is 79.9. The highest BCUT2D eigenvalue weighted by molar-refractivity contribution is 9.10. The monoisotopic (exact) mass is 340 g/mol. The molecule has 1 fully saturated rings. The zero-order chi connectivity index (χ0) is 15.1. The molecule has 5 heteroatoms. The molecule has 1 aliphatic heterocycles. The molecule has 0 unspecified atom stereocenters. The summed E-state index contributed by atoms with van der Waals surface area (Å²) in [6.07, 6.45) is 0.135. The first-order chi connectivity index (χ1) is 9.10. The van der Waals surface area contributed by atoms with E-state index >= 15 is 0 Å². The summed E-state index contributed by atoms with van der Waals surface area (Å²) in [7, 11) is -0.369. The molecule has 1 aromatic carbocycles. The number of hydrogen-bond donors (Lipinski definition) is 0. The molecule has 0 bridgehead atoms. The van der Waals surface area contributed by atoms with Crippen LogP contribution in [0.4, 0.5) is 0 Å². The van der Waals surface area contributed by atoms with E-state index in [0.29, 0.717) is 0 Å². The average Bonchev–Trinajstić information content (AvgIpc) is 2.46. The van der Waals surface area contributed by atoms with E-state index in [2.05, 4.69) is 43.6 Å². The smallest absolute Gasteiger partial charge is 0.491 e. The molecule has 3 nitrogen and oxygen atoms in total. The molecule has 1 heterocycles. The first-order valence-corrected chi connectivity index (χ1v) is 7.73. The van der Waals surface area contributed by atoms with Gasteiger partial charge in [-0.1, -0.05) is 15.9 Å². The minimum absolute atomic E-state index is 0.135. The van der Waals surface area contributed by atoms with Gasteiger partial charge in [0.25, 0.3) is 0 Å². The summed E-state index contributed by atoms with van der Waals surface area (Å²) in [6.45, 7) is 12.2. The van der Waals surface area contributed by atoms with Crippen LogP contribution < -0.4 is 10.2 Å². The maximum absolute atomic E-state index is 6.07. The van der Waals surface area contributed by atoms with Gasteiger partial charge in [0.2, 0.25) is 0 Å². The molecular weight excluding hydrogens is 319 g/mol. The molecule has 0 atom stereocenters. The third-order valence-electron chi connectivity index (χ3n) is 3.79. The van der Waals surface area contributed by atoms with Crippen LogP contribution in [0, 0.1) is 0 Å². The van der Waals surface area contributed by atoms with Crippen LogP contribution in [0.1, 0.15) is 41.5 Å². The van der Waals surface area contributed by atoms with E-state index in [0.717, 1.165) is 15.7 Å². The van der Waals surface area contributed by atoms with Crippen molar-refractivity contribution in [3.63, 3.8) is 0 Å². The quantitative estimate of drug-likeness (QED) is 0.788. The number of hydrogen-bond acceptors (Lipinski definition) is 3. The fourth-order valence-corrected chi connectivity index (χ4v) is 2.53. The van der Waals surface area contributed by atoms with E-state index in [-0.39, 0.29) is 24.4 Å². The van der Waals surface area contributed by atoms with Crippen molar-refractivity contribution in [3.05, 3.63) is 22.7 Å². The molecule has 0 spiro atoms. The Bertz CT molecular complexity index is 484. The molecule has 0 saturated carbocycles. The maximum atomic E-state index is 6.07. The molecule has 0 amide bonds. The Morgan fingerprint density at radius 1 is 1.05 bits per heavy atom. The maximum Gasteiger partial charge on any atom is 0.495 e. The van der Waals surface area contributed by atoms with Crippen LogP contribution in [0.5, 0.6) is 5.75 Å². The highest BCUT2D eigenvalue weighted by Crippen LogP contribution is 2.36. The SMILES string of the molecule is CC(C)Oc1cc(Br)cc(B2OC(C)(C)C(C)(C)O2)c1. The number of halogens is 1. The van der Waals surface area contributed by atoms with Gasteiger partial charge in [0.05, 0.1) is 17.3 Å². The Hall–Kier alpha value is -0.515. The molecule has 1 aliphatic rings. The summed E-state index contributed by atoms with van der Waals surface area (Å²) < 4.78 is 18.8. The molecule has 0 N–H and O–H groups in total. The second kappa shape index (κ2) is 5.36. The van der Waals surface area contributed by atoms with E-state index in [1.807, 2.05) is 32.0 Å². The molecule has 110 valence electrons. The Balaban J connectivity index is 2.28. The van der Waals surface area contributed by atoms with E-state index in [4.69, 9.17) is 14.0 Å². The summed E-state index contributed by atoms with van der Waals surface area (Å²) in [5, 5.41) is 0. The topological polar surface area (TPSA) is 27.7 Å². The van der Waals surface area contributed by atoms with Crippen molar-refractivity contribution < 1.29 is 14.0 Å². The standard InChI is InChI=1S/C15H22BBrO3/c1-10(2)18-13-8-11(7-12(17)9-13)16-19-14(3,4)15(5,6)20-16/h7-10H,1-6H3. The van der Waals surface area contributed by atoms with E-state index in [9.17, 15) is 0 Å². The zero-order valence-corrected chi connectivity index (χ0v) is 14.6. The highest BCUT2D eigenvalue weighted by Gasteiger charge is 2.51. The molecule has 20 heavy (non-hydrogen) atoms. The van der Waals surface area contributed by atoms with Gasteiger partial charge in [0.15, 0.2) is 0 Å². The van der Waals surface area contributed by atoms with Crippen molar-refractivity contribution in [2.75, 3.05) is 0 Å². The zero-order valence-electron chi connectivity index (χ0n) is 13.0. The van der Waals surface area contributed by atoms with Gasteiger partial charge in [-0.3, -0.25) is 0 Å². The summed E-state index contributed by atoms with van der Waals surface area (Å²) in [5.74, 6) is 0.819. The van der Waals surface area contributed by atoms with Crippen molar-refractivity contribution in [1.29, 1.82) is 0 Å². The minimum Gasteiger partial charge on any atom is -0.491 e. The predicted octanol–water partition coefficient (Wildman–Crippen LogP) is 3.54. The van der Waals surface area contributed by atoms with Crippen molar-refractivity contribution in [1.82, 2.24) is 0 Å². The average molecular weight is 341 g/mol. The normalized spacial score (nSPS) is 20.5. The van der Waals surface area contributed by atoms with Crippen LogP contribution >= 0.6 is 15.9 Å². The second-order valence-electron chi connectivity index (χ2n) is 6.48. The number of rotatable bonds is 3. The molecule has 1 saturated heterocycles. The van der Waals surface area contributed by atoms with Gasteiger partial charge in [-0.2, -0.15) is 0 Å². The summed E-state index contributed by atoms with van der Waals surface area (Å²) >= 11 is 3.52. The second-order valence-corrected chi connectivity index (χ2v) is 7.39. The van der Waals surface area contributed by atoms with Crippen LogP contribution in [0.3, 0.4) is 0 Å². The molecule has 1 aromatic rings. The third kappa shape index (κ3) is 3.21. The van der Waals surface area contributed by atoms with Gasteiger partial charge in [0.1, 0.15) is 5.75 Å². The van der Waals surface area contributed by atoms with Gasteiger partial charge in [-0.15, -0.1) is 0 Å². The van der Waals surface area contributed by atoms with E-state index in [1.54, 1.807) is 0 Å². The van der Waals surface area contributed by atoms with Crippen molar-refractivity contribution >= 4 is 28.5 Å². The largest absolute Gasteiger partial charge is 0.495 e. The summed E-state index contributed by atoms with van der Waals surface area (Å²) in [6, 6.07) is 5.94. The minimum atomic E-state index is -0.369. The van der Waals surface area contributed by atoms with Gasteiger partial charge >= 0.3 is 7.12 Å². The van der Waals surface area contributed by atoms with Gasteiger partial charge in [0, 0.05) is 4.47 Å². The molecule has 2 rings (SSSR count). The van der Waals surface area contributed by atoms with Crippen LogP contribution in [-0.4, -0.2) is 24.4 Å². The van der Waals surface area contributed by atoms with Gasteiger partial charge < -0.3 is 14.0 Å². The third-order valence-corrected chi connectivity index (χ3v) is 4.25. The lowest BCUT2D eigenvalue weighted by molar-refractivity contribution is 0.00578. The molecule has 0 radical (unpaired) electrons. The van der Waals surface area contributed by atoms with Gasteiger partial charge in [-0.05, 0) is 65.2 Å². The van der Waals surface area contributed by atoms with Crippen molar-refractivity contribution in [2.24, 2.45) is 0 Å². The summed E-state index contributed by atoms with van der Waals surface area (Å²) in [4.78, 5) is 0. The van der Waals surface area contributed by atoms with Gasteiger partial charge in [-0.25, -0.2) is 0 Å². The predicted molar refractivity (Wildman–Crippen MR) is 85.6 cm³/mol. The van der Waals surface area contributed by atoms with E-state index in [1.165, 1.54) is 0 Å². The van der Waals surface area contributed by atoms with Crippen molar-refractivity contribution in [3.8, 4) is 5.75 Å². The first-order valence-electron chi connectivity index (χ1n) is 6.93. The van der Waals surface area contributed by atoms with E-state index < -0.39 is 0 Å². The molecular formula is C15H22BBrO3. The van der Waals surface area contributed by atoms with Crippen LogP contribution in [0.15, 0.2) is 22.7 Å². The first kappa shape index (κ1) is 15.9. The fourth-order valence-electron chi connectivity index (χ4n) is 2.04. The van der Waals surface area contributed by atoms with Crippen molar-refractivity contribution in [2.45, 2.75) is 58.8 Å². The van der Waals surface area contributed by atoms with Crippen LogP contribution in [0.25, 0.3) is 0 Å². The summed E-state index contributed by atoms with van der Waals surface area (Å²) in [5.41, 5.74) is 0.298. The fraction of sp³-hybridized carbons (Fsp3) is 0.600.